The molecule has 0 saturated carbocycles. The maximum atomic E-state index is 5.46. The Morgan fingerprint density at radius 3 is 2.16 bits per heavy atom. The quantitative estimate of drug-likeness (QED) is 0.475. The van der Waals surface area contributed by atoms with Crippen molar-refractivity contribution in [3.8, 4) is 0 Å². The number of rotatable bonds is 4. The second-order valence-corrected chi connectivity index (χ2v) is 5.41. The van der Waals surface area contributed by atoms with E-state index >= 15 is 0 Å². The minimum absolute atomic E-state index is 0.752. The molecule has 2 aromatic rings. The van der Waals surface area contributed by atoms with Crippen LogP contribution in [0.1, 0.15) is 6.92 Å². The Morgan fingerprint density at radius 2 is 1.58 bits per heavy atom. The third kappa shape index (κ3) is 4.23. The van der Waals surface area contributed by atoms with Gasteiger partial charge in [-0.1, -0.05) is 66.5 Å². The SMILES string of the molecule is C/C=C(\Sc1ccccc1)C(=S)Nc1ccccc1. The van der Waals surface area contributed by atoms with E-state index < -0.39 is 0 Å². The zero-order chi connectivity index (χ0) is 13.5. The van der Waals surface area contributed by atoms with E-state index in [1.165, 1.54) is 4.90 Å². The smallest absolute Gasteiger partial charge is 0.117 e. The monoisotopic (exact) mass is 285 g/mol. The Kier molecular flexibility index (Phi) is 5.19. The summed E-state index contributed by atoms with van der Waals surface area (Å²) < 4.78 is 0. The number of thioether (sulfide) groups is 1. The van der Waals surface area contributed by atoms with Gasteiger partial charge in [-0.15, -0.1) is 0 Å². The van der Waals surface area contributed by atoms with Crippen LogP contribution in [0.15, 0.2) is 76.5 Å². The molecule has 2 rings (SSSR count). The number of benzene rings is 2. The standard InChI is InChI=1S/C16H15NS2/c1-2-15(19-14-11-7-4-8-12-14)16(18)17-13-9-5-3-6-10-13/h2-12H,1H3,(H,17,18)/b15-2-. The summed E-state index contributed by atoms with van der Waals surface area (Å²) in [6, 6.07) is 20.2. The summed E-state index contributed by atoms with van der Waals surface area (Å²) in [5, 5.41) is 3.26. The van der Waals surface area contributed by atoms with Gasteiger partial charge in [-0.05, 0) is 31.2 Å². The summed E-state index contributed by atoms with van der Waals surface area (Å²) in [5.74, 6) is 0. The second-order valence-electron chi connectivity index (χ2n) is 3.89. The van der Waals surface area contributed by atoms with Gasteiger partial charge in [0.2, 0.25) is 0 Å². The van der Waals surface area contributed by atoms with Crippen LogP contribution in [0.5, 0.6) is 0 Å². The van der Waals surface area contributed by atoms with Crippen molar-refractivity contribution >= 4 is 34.7 Å². The zero-order valence-corrected chi connectivity index (χ0v) is 12.3. The Labute approximate surface area is 123 Å². The average Bonchev–Trinajstić information content (AvgIpc) is 2.47. The van der Waals surface area contributed by atoms with Crippen LogP contribution >= 0.6 is 24.0 Å². The van der Waals surface area contributed by atoms with Crippen molar-refractivity contribution in [1.29, 1.82) is 0 Å². The summed E-state index contributed by atoms with van der Waals surface area (Å²) in [6.45, 7) is 2.00. The molecule has 0 spiro atoms. The number of allylic oxidation sites excluding steroid dienone is 1. The Balaban J connectivity index is 2.04. The molecule has 19 heavy (non-hydrogen) atoms. The van der Waals surface area contributed by atoms with Gasteiger partial charge in [0.05, 0.1) is 0 Å². The van der Waals surface area contributed by atoms with E-state index in [0.29, 0.717) is 0 Å². The van der Waals surface area contributed by atoms with Gasteiger partial charge in [0.15, 0.2) is 0 Å². The minimum atomic E-state index is 0.752. The molecule has 0 atom stereocenters. The largest absolute Gasteiger partial charge is 0.346 e. The van der Waals surface area contributed by atoms with Gasteiger partial charge in [-0.2, -0.15) is 0 Å². The third-order valence-electron chi connectivity index (χ3n) is 2.49. The van der Waals surface area contributed by atoms with Crippen molar-refractivity contribution in [2.75, 3.05) is 5.32 Å². The van der Waals surface area contributed by atoms with Gasteiger partial charge in [-0.3, -0.25) is 0 Å². The fourth-order valence-corrected chi connectivity index (χ4v) is 2.74. The lowest BCUT2D eigenvalue weighted by Gasteiger charge is -2.11. The fourth-order valence-electron chi connectivity index (χ4n) is 1.57. The lowest BCUT2D eigenvalue weighted by Crippen LogP contribution is -2.09. The van der Waals surface area contributed by atoms with Crippen LogP contribution in [-0.4, -0.2) is 4.99 Å². The number of para-hydroxylation sites is 1. The minimum Gasteiger partial charge on any atom is -0.346 e. The van der Waals surface area contributed by atoms with E-state index in [1.807, 2.05) is 61.5 Å². The molecule has 0 aromatic heterocycles. The predicted octanol–water partition coefficient (Wildman–Crippen LogP) is 5.12. The van der Waals surface area contributed by atoms with Crippen LogP contribution in [0, 0.1) is 0 Å². The highest BCUT2D eigenvalue weighted by atomic mass is 32.2. The molecule has 3 heteroatoms. The molecule has 0 radical (unpaired) electrons. The molecule has 0 aliphatic heterocycles. The summed E-state index contributed by atoms with van der Waals surface area (Å²) in [6.07, 6.45) is 2.04. The topological polar surface area (TPSA) is 12.0 Å². The number of anilines is 1. The molecule has 0 amide bonds. The van der Waals surface area contributed by atoms with Crippen LogP contribution in [0.2, 0.25) is 0 Å². The molecule has 0 bridgehead atoms. The van der Waals surface area contributed by atoms with E-state index in [2.05, 4.69) is 17.4 Å². The number of hydrogen-bond acceptors (Lipinski definition) is 2. The maximum Gasteiger partial charge on any atom is 0.117 e. The highest BCUT2D eigenvalue weighted by Gasteiger charge is 2.06. The summed E-state index contributed by atoms with van der Waals surface area (Å²) >= 11 is 7.13. The Morgan fingerprint density at radius 1 is 1.00 bits per heavy atom. The molecule has 0 unspecified atom stereocenters. The Bertz CT molecular complexity index is 562. The number of hydrogen-bond donors (Lipinski definition) is 1. The highest BCUT2D eigenvalue weighted by Crippen LogP contribution is 2.27. The van der Waals surface area contributed by atoms with Gasteiger partial charge < -0.3 is 5.32 Å². The molecule has 0 fully saturated rings. The van der Waals surface area contributed by atoms with E-state index in [9.17, 15) is 0 Å². The summed E-state index contributed by atoms with van der Waals surface area (Å²) in [4.78, 5) is 3.00. The second kappa shape index (κ2) is 7.12. The van der Waals surface area contributed by atoms with E-state index in [-0.39, 0.29) is 0 Å². The molecular weight excluding hydrogens is 270 g/mol. The molecule has 2 aromatic carbocycles. The average molecular weight is 285 g/mol. The van der Waals surface area contributed by atoms with E-state index in [4.69, 9.17) is 12.2 Å². The first-order valence-electron chi connectivity index (χ1n) is 6.05. The fraction of sp³-hybridized carbons (Fsp3) is 0.0625. The van der Waals surface area contributed by atoms with Gasteiger partial charge in [0, 0.05) is 15.5 Å². The molecule has 0 saturated heterocycles. The van der Waals surface area contributed by atoms with Gasteiger partial charge in [0.1, 0.15) is 4.99 Å². The van der Waals surface area contributed by atoms with Crippen LogP contribution in [-0.2, 0) is 0 Å². The van der Waals surface area contributed by atoms with Crippen molar-refractivity contribution in [2.45, 2.75) is 11.8 Å². The van der Waals surface area contributed by atoms with Crippen molar-refractivity contribution in [2.24, 2.45) is 0 Å². The molecule has 1 nitrogen and oxygen atoms in total. The van der Waals surface area contributed by atoms with Crippen LogP contribution in [0.4, 0.5) is 5.69 Å². The molecule has 0 aliphatic carbocycles. The zero-order valence-electron chi connectivity index (χ0n) is 10.7. The lowest BCUT2D eigenvalue weighted by atomic mass is 10.3. The first-order valence-corrected chi connectivity index (χ1v) is 7.27. The number of nitrogens with one attached hydrogen (secondary N) is 1. The van der Waals surface area contributed by atoms with Crippen molar-refractivity contribution in [3.63, 3.8) is 0 Å². The predicted molar refractivity (Wildman–Crippen MR) is 88.7 cm³/mol. The molecule has 1 N–H and O–H groups in total. The van der Waals surface area contributed by atoms with Crippen LogP contribution in [0.25, 0.3) is 0 Å². The van der Waals surface area contributed by atoms with E-state index in [0.717, 1.165) is 15.6 Å². The van der Waals surface area contributed by atoms with Gasteiger partial charge >= 0.3 is 0 Å². The summed E-state index contributed by atoms with van der Waals surface area (Å²) in [5.41, 5.74) is 1.01. The van der Waals surface area contributed by atoms with Crippen LogP contribution < -0.4 is 5.32 Å². The van der Waals surface area contributed by atoms with Gasteiger partial charge in [-0.25, -0.2) is 0 Å². The Hall–Kier alpha value is -1.58. The first-order chi connectivity index (χ1) is 9.29. The molecule has 96 valence electrons. The highest BCUT2D eigenvalue weighted by molar-refractivity contribution is 8.05. The van der Waals surface area contributed by atoms with Gasteiger partial charge in [0.25, 0.3) is 0 Å². The lowest BCUT2D eigenvalue weighted by molar-refractivity contribution is 1.47. The van der Waals surface area contributed by atoms with E-state index in [1.54, 1.807) is 11.8 Å². The summed E-state index contributed by atoms with van der Waals surface area (Å²) in [7, 11) is 0. The van der Waals surface area contributed by atoms with Crippen LogP contribution in [0.3, 0.4) is 0 Å². The van der Waals surface area contributed by atoms with Crippen molar-refractivity contribution in [3.05, 3.63) is 71.6 Å². The molecule has 0 aliphatic rings. The van der Waals surface area contributed by atoms with Crippen molar-refractivity contribution < 1.29 is 0 Å². The molecule has 0 heterocycles. The first kappa shape index (κ1) is 13.8. The number of thiocarbonyl (C=S) groups is 1. The third-order valence-corrected chi connectivity index (χ3v) is 4.11. The van der Waals surface area contributed by atoms with Crippen molar-refractivity contribution in [1.82, 2.24) is 0 Å². The normalized spacial score (nSPS) is 11.1. The molecular formula is C16H15NS2. The maximum absolute atomic E-state index is 5.46.